The van der Waals surface area contributed by atoms with Gasteiger partial charge in [-0.3, -0.25) is 23.5 Å². The van der Waals surface area contributed by atoms with Crippen molar-refractivity contribution >= 4 is 38.2 Å². The van der Waals surface area contributed by atoms with Crippen molar-refractivity contribution in [1.82, 2.24) is 4.90 Å². The maximum absolute atomic E-state index is 10.4. The number of hydrogen-bond acceptors (Lipinski definition) is 6. The monoisotopic (exact) mass is 545 g/mol. The zero-order valence-electron chi connectivity index (χ0n) is 23.8. The molecule has 9 heteroatoms. The van der Waals surface area contributed by atoms with Crippen LogP contribution in [0.2, 0.25) is 0 Å². The van der Waals surface area contributed by atoms with E-state index in [4.69, 9.17) is 0 Å². The molecule has 0 bridgehead atoms. The molecule has 0 aliphatic carbocycles. The van der Waals surface area contributed by atoms with Gasteiger partial charge in [0, 0.05) is 47.9 Å². The summed E-state index contributed by atoms with van der Waals surface area (Å²) in [5, 5.41) is 2.30. The van der Waals surface area contributed by atoms with Crippen LogP contribution in [0.15, 0.2) is 85.2 Å². The van der Waals surface area contributed by atoms with Crippen LogP contribution in [0.25, 0.3) is 0 Å². The number of likely N-dealkylation sites (N-methyl/N-ethyl adjacent to an activating group) is 1. The lowest BCUT2D eigenvalue weighted by Crippen LogP contribution is -2.24. The van der Waals surface area contributed by atoms with Crippen molar-refractivity contribution < 1.29 is 27.0 Å². The third-order valence-electron chi connectivity index (χ3n) is 2.43. The number of hydrogen-bond donors (Lipinski definition) is 0. The summed E-state index contributed by atoms with van der Waals surface area (Å²) in [5.74, 6) is -0.463. The summed E-state index contributed by atoms with van der Waals surface area (Å²) >= 11 is 0. The van der Waals surface area contributed by atoms with Gasteiger partial charge in [0.05, 0.1) is 0 Å². The number of carbonyl (C=O) groups excluding carboxylic acids is 3. The van der Waals surface area contributed by atoms with Gasteiger partial charge in [-0.1, -0.05) is 43.0 Å². The van der Waals surface area contributed by atoms with E-state index in [1.807, 2.05) is 27.7 Å². The SMILES string of the molecule is C=C(C)C.C=CC.C=CC(C)=O.C=CS(C)(=O)=O.C=CS(C)=O.CC=C(C)C.CN1C(=O)C=CC1=O. The molecule has 1 aliphatic heterocycles. The maximum Gasteiger partial charge on any atom is 0.253 e. The number of amides is 2. The fourth-order valence-electron chi connectivity index (χ4n) is 0.475. The van der Waals surface area contributed by atoms with Gasteiger partial charge in [-0.2, -0.15) is 0 Å². The van der Waals surface area contributed by atoms with E-state index in [-0.39, 0.29) is 17.6 Å². The first-order chi connectivity index (χ1) is 16.2. The van der Waals surface area contributed by atoms with Crippen LogP contribution in [-0.2, 0) is 35.0 Å². The Balaban J connectivity index is -0.0000000745. The largest absolute Gasteiger partial charge is 0.295 e. The van der Waals surface area contributed by atoms with Gasteiger partial charge in [0.15, 0.2) is 15.6 Å². The van der Waals surface area contributed by atoms with Gasteiger partial charge < -0.3 is 0 Å². The number of carbonyl (C=O) groups is 3. The van der Waals surface area contributed by atoms with Crippen LogP contribution in [0.3, 0.4) is 0 Å². The van der Waals surface area contributed by atoms with Gasteiger partial charge in [0.25, 0.3) is 11.8 Å². The van der Waals surface area contributed by atoms with E-state index in [2.05, 4.69) is 52.8 Å². The highest BCUT2D eigenvalue weighted by molar-refractivity contribution is 7.93. The molecule has 0 fully saturated rings. The van der Waals surface area contributed by atoms with Crippen LogP contribution in [0.5, 0.6) is 0 Å². The third-order valence-corrected chi connectivity index (χ3v) is 3.51. The van der Waals surface area contributed by atoms with E-state index in [0.29, 0.717) is 0 Å². The average Bonchev–Trinajstić information content (AvgIpc) is 3.05. The molecule has 0 radical (unpaired) electrons. The Hall–Kier alpha value is -2.91. The Labute approximate surface area is 223 Å². The van der Waals surface area contributed by atoms with Gasteiger partial charge in [-0.05, 0) is 60.0 Å². The Morgan fingerprint density at radius 3 is 1.17 bits per heavy atom. The molecular weight excluding hydrogens is 498 g/mol. The molecular formula is C27H47NO6S2. The number of sulfone groups is 1. The molecule has 1 aliphatic rings. The topological polar surface area (TPSA) is 106 Å². The lowest BCUT2D eigenvalue weighted by molar-refractivity contribution is -0.135. The molecule has 1 atom stereocenters. The van der Waals surface area contributed by atoms with Crippen molar-refractivity contribution in [2.24, 2.45) is 0 Å². The van der Waals surface area contributed by atoms with E-state index < -0.39 is 20.6 Å². The van der Waals surface area contributed by atoms with E-state index >= 15 is 0 Å². The van der Waals surface area contributed by atoms with Crippen LogP contribution in [0.1, 0.15) is 48.5 Å². The van der Waals surface area contributed by atoms with Gasteiger partial charge in [-0.25, -0.2) is 8.42 Å². The van der Waals surface area contributed by atoms with Crippen molar-refractivity contribution in [1.29, 1.82) is 0 Å². The number of imide groups is 1. The predicted molar refractivity (Wildman–Crippen MR) is 159 cm³/mol. The summed E-state index contributed by atoms with van der Waals surface area (Å²) in [6, 6.07) is 0. The standard InChI is InChI=1S/C5H5NO2.C5H10.C4H6O.C4H8.C3H6O2S.C3H6OS.C3H6/c1-6-4(7)2-3-5(6)8;1-4-5(2)3;1-3-4(2)5;1-4(2)3;1-3-6(2,4)5;1-3-5(2)4;1-3-2/h2-3H,1H3;4H,1-3H3;3H,1H2,2H3;1H2,2-3H3;3H,1H2,2H3;3H,1H2,2H3;3H,1H2,2H3. The second-order valence-corrected chi connectivity index (χ2v) is 10.3. The first-order valence-corrected chi connectivity index (χ1v) is 14.0. The van der Waals surface area contributed by atoms with Crippen LogP contribution >= 0.6 is 0 Å². The van der Waals surface area contributed by atoms with Crippen molar-refractivity contribution in [2.45, 2.75) is 48.5 Å². The Bertz CT molecular complexity index is 824. The highest BCUT2D eigenvalue weighted by Gasteiger charge is 2.17. The maximum atomic E-state index is 10.4. The predicted octanol–water partition coefficient (Wildman–Crippen LogP) is 5.73. The number of nitrogens with zero attached hydrogens (tertiary/aromatic N) is 1. The first-order valence-electron chi connectivity index (χ1n) is 10.4. The average molecular weight is 546 g/mol. The molecule has 0 N–H and O–H groups in total. The zero-order chi connectivity index (χ0) is 30.5. The Kier molecular flexibility index (Phi) is 41.4. The van der Waals surface area contributed by atoms with E-state index in [9.17, 15) is 27.0 Å². The van der Waals surface area contributed by atoms with Crippen molar-refractivity contribution in [3.8, 4) is 0 Å². The highest BCUT2D eigenvalue weighted by Crippen LogP contribution is 1.97. The van der Waals surface area contributed by atoms with Gasteiger partial charge in [0.1, 0.15) is 0 Å². The fourth-order valence-corrected chi connectivity index (χ4v) is 0.475. The highest BCUT2D eigenvalue weighted by atomic mass is 32.2. The molecule has 0 saturated carbocycles. The minimum atomic E-state index is -2.90. The van der Waals surface area contributed by atoms with Gasteiger partial charge >= 0.3 is 0 Å². The molecule has 36 heavy (non-hydrogen) atoms. The van der Waals surface area contributed by atoms with Crippen LogP contribution in [-0.4, -0.2) is 54.7 Å². The second-order valence-electron chi connectivity index (χ2n) is 7.03. The second kappa shape index (κ2) is 32.1. The summed E-state index contributed by atoms with van der Waals surface area (Å²) in [6.07, 6.45) is 10.3. The molecule has 1 unspecified atom stereocenters. The molecule has 0 aromatic carbocycles. The Morgan fingerprint density at radius 2 is 1.14 bits per heavy atom. The van der Waals surface area contributed by atoms with Crippen molar-refractivity contribution in [3.63, 3.8) is 0 Å². The summed E-state index contributed by atoms with van der Waals surface area (Å²) in [4.78, 5) is 31.6. The molecule has 2 amide bonds. The smallest absolute Gasteiger partial charge is 0.253 e. The van der Waals surface area contributed by atoms with E-state index in [0.717, 1.165) is 16.6 Å². The number of allylic oxidation sites excluding steroid dienone is 5. The Morgan fingerprint density at radius 1 is 0.944 bits per heavy atom. The number of rotatable bonds is 3. The summed E-state index contributed by atoms with van der Waals surface area (Å²) in [6.45, 7) is 29.9. The van der Waals surface area contributed by atoms with Crippen LogP contribution in [0, 0.1) is 0 Å². The lowest BCUT2D eigenvalue weighted by atomic mass is 10.3. The molecule has 1 rings (SSSR count). The molecule has 0 aromatic heterocycles. The zero-order valence-corrected chi connectivity index (χ0v) is 25.4. The molecule has 0 aromatic rings. The first kappa shape index (κ1) is 46.4. The number of ketones is 1. The molecule has 7 nitrogen and oxygen atoms in total. The quantitative estimate of drug-likeness (QED) is 0.255. The summed E-state index contributed by atoms with van der Waals surface area (Å²) in [5.41, 5.74) is 2.55. The van der Waals surface area contributed by atoms with E-state index in [1.165, 1.54) is 48.8 Å². The summed E-state index contributed by atoms with van der Waals surface area (Å²) < 4.78 is 29.6. The van der Waals surface area contributed by atoms with E-state index in [1.54, 1.807) is 12.3 Å². The minimum Gasteiger partial charge on any atom is -0.295 e. The van der Waals surface area contributed by atoms with Crippen molar-refractivity contribution in [2.75, 3.05) is 19.6 Å². The van der Waals surface area contributed by atoms with Crippen LogP contribution < -0.4 is 0 Å². The lowest BCUT2D eigenvalue weighted by Gasteiger charge is -2.01. The summed E-state index contributed by atoms with van der Waals surface area (Å²) in [7, 11) is -2.26. The van der Waals surface area contributed by atoms with Crippen molar-refractivity contribution in [3.05, 3.63) is 85.2 Å². The molecule has 0 spiro atoms. The third kappa shape index (κ3) is 77.2. The molecule has 208 valence electrons. The van der Waals surface area contributed by atoms with Crippen LogP contribution in [0.4, 0.5) is 0 Å². The van der Waals surface area contributed by atoms with Gasteiger partial charge in [0.2, 0.25) is 0 Å². The normalized spacial score (nSPS) is 10.8. The van der Waals surface area contributed by atoms with Gasteiger partial charge in [-0.15, -0.1) is 13.2 Å². The minimum absolute atomic E-state index is 0.0185. The molecule has 1 heterocycles. The molecule has 0 saturated heterocycles. The fraction of sp³-hybridized carbons (Fsp3) is 0.370.